The molecule has 0 spiro atoms. The summed E-state index contributed by atoms with van der Waals surface area (Å²) in [6.07, 6.45) is 4.98. The van der Waals surface area contributed by atoms with Crippen LogP contribution < -0.4 is 10.6 Å². The third kappa shape index (κ3) is 5.07. The highest BCUT2D eigenvalue weighted by atomic mass is 16.5. The van der Waals surface area contributed by atoms with E-state index in [1.165, 1.54) is 12.5 Å². The van der Waals surface area contributed by atoms with Crippen LogP contribution in [0.5, 0.6) is 0 Å². The molecule has 1 aromatic heterocycles. The van der Waals surface area contributed by atoms with E-state index in [2.05, 4.69) is 15.6 Å². The van der Waals surface area contributed by atoms with Crippen LogP contribution in [0.3, 0.4) is 0 Å². The number of carbonyl (C=O) groups is 2. The fourth-order valence-corrected chi connectivity index (χ4v) is 2.16. The first-order chi connectivity index (χ1) is 10.1. The van der Waals surface area contributed by atoms with Crippen molar-refractivity contribution in [2.24, 2.45) is 5.92 Å². The minimum absolute atomic E-state index is 0.00301. The standard InChI is InChI=1S/C13H20N4O4/c18-12(19)11-7-17(9-16-11)4-3-14-13(20)15-6-10-2-1-5-21-8-10/h7,9-10H,1-6,8H2,(H,18,19)(H2,14,15,20). The average Bonchev–Trinajstić information content (AvgIpc) is 2.95. The molecule has 1 saturated heterocycles. The molecule has 0 radical (unpaired) electrons. The van der Waals surface area contributed by atoms with Gasteiger partial charge in [-0.05, 0) is 18.8 Å². The normalized spacial score (nSPS) is 18.2. The smallest absolute Gasteiger partial charge is 0.356 e. The van der Waals surface area contributed by atoms with Gasteiger partial charge in [-0.15, -0.1) is 0 Å². The number of amides is 2. The summed E-state index contributed by atoms with van der Waals surface area (Å²) >= 11 is 0. The van der Waals surface area contributed by atoms with E-state index in [9.17, 15) is 9.59 Å². The first-order valence-corrected chi connectivity index (χ1v) is 6.99. The summed E-state index contributed by atoms with van der Waals surface area (Å²) < 4.78 is 6.97. The van der Waals surface area contributed by atoms with Gasteiger partial charge in [0.2, 0.25) is 0 Å². The summed E-state index contributed by atoms with van der Waals surface area (Å²) in [6, 6.07) is -0.223. The zero-order valence-electron chi connectivity index (χ0n) is 11.7. The molecular formula is C13H20N4O4. The van der Waals surface area contributed by atoms with Crippen molar-refractivity contribution in [3.05, 3.63) is 18.2 Å². The quantitative estimate of drug-likeness (QED) is 0.700. The number of rotatable bonds is 6. The van der Waals surface area contributed by atoms with Crippen molar-refractivity contribution in [3.63, 3.8) is 0 Å². The molecule has 8 nitrogen and oxygen atoms in total. The van der Waals surface area contributed by atoms with Gasteiger partial charge in [0.15, 0.2) is 5.69 Å². The zero-order valence-corrected chi connectivity index (χ0v) is 11.7. The molecule has 2 rings (SSSR count). The second-order valence-corrected chi connectivity index (χ2v) is 5.02. The van der Waals surface area contributed by atoms with Gasteiger partial charge >= 0.3 is 12.0 Å². The molecular weight excluding hydrogens is 276 g/mol. The van der Waals surface area contributed by atoms with E-state index in [-0.39, 0.29) is 11.7 Å². The maximum absolute atomic E-state index is 11.6. The van der Waals surface area contributed by atoms with Crippen molar-refractivity contribution < 1.29 is 19.4 Å². The van der Waals surface area contributed by atoms with Crippen LogP contribution in [0.15, 0.2) is 12.5 Å². The van der Waals surface area contributed by atoms with Gasteiger partial charge in [0.05, 0.1) is 12.9 Å². The molecule has 0 aliphatic carbocycles. The maximum atomic E-state index is 11.6. The Bertz CT molecular complexity index is 482. The largest absolute Gasteiger partial charge is 0.476 e. The number of hydrogen-bond acceptors (Lipinski definition) is 4. The monoisotopic (exact) mass is 296 g/mol. The van der Waals surface area contributed by atoms with Gasteiger partial charge in [0.1, 0.15) is 0 Å². The molecule has 2 heterocycles. The van der Waals surface area contributed by atoms with Crippen LogP contribution in [0, 0.1) is 5.92 Å². The summed E-state index contributed by atoms with van der Waals surface area (Å²) in [5, 5.41) is 14.3. The Kier molecular flexibility index (Phi) is 5.56. The molecule has 8 heteroatoms. The van der Waals surface area contributed by atoms with Crippen molar-refractivity contribution in [1.82, 2.24) is 20.2 Å². The summed E-state index contributed by atoms with van der Waals surface area (Å²) in [5.74, 6) is -0.676. The second-order valence-electron chi connectivity index (χ2n) is 5.02. The number of aromatic carboxylic acids is 1. The Morgan fingerprint density at radius 3 is 3.00 bits per heavy atom. The van der Waals surface area contributed by atoms with Crippen LogP contribution in [0.25, 0.3) is 0 Å². The van der Waals surface area contributed by atoms with Crippen molar-refractivity contribution in [2.45, 2.75) is 19.4 Å². The SMILES string of the molecule is O=C(NCCn1cnc(C(=O)O)c1)NCC1CCCOC1. The lowest BCUT2D eigenvalue weighted by Crippen LogP contribution is -2.40. The average molecular weight is 296 g/mol. The van der Waals surface area contributed by atoms with Crippen LogP contribution in [-0.4, -0.2) is 53.0 Å². The van der Waals surface area contributed by atoms with Gasteiger partial charge in [-0.1, -0.05) is 0 Å². The fourth-order valence-electron chi connectivity index (χ4n) is 2.16. The van der Waals surface area contributed by atoms with Gasteiger partial charge < -0.3 is 25.0 Å². The van der Waals surface area contributed by atoms with E-state index in [1.54, 1.807) is 4.57 Å². The van der Waals surface area contributed by atoms with Gasteiger partial charge in [0, 0.05) is 32.4 Å². The van der Waals surface area contributed by atoms with Gasteiger partial charge in [-0.2, -0.15) is 0 Å². The molecule has 3 N–H and O–H groups in total. The van der Waals surface area contributed by atoms with Crippen molar-refractivity contribution in [1.29, 1.82) is 0 Å². The van der Waals surface area contributed by atoms with Crippen LogP contribution in [0.1, 0.15) is 23.3 Å². The van der Waals surface area contributed by atoms with Crippen LogP contribution in [0.4, 0.5) is 4.79 Å². The van der Waals surface area contributed by atoms with E-state index >= 15 is 0 Å². The number of carbonyl (C=O) groups excluding carboxylic acids is 1. The molecule has 0 saturated carbocycles. The van der Waals surface area contributed by atoms with Crippen molar-refractivity contribution >= 4 is 12.0 Å². The fraction of sp³-hybridized carbons (Fsp3) is 0.615. The number of ether oxygens (including phenoxy) is 1. The molecule has 1 aliphatic heterocycles. The minimum atomic E-state index is -1.06. The predicted molar refractivity (Wildman–Crippen MR) is 74.1 cm³/mol. The Hall–Kier alpha value is -2.09. The zero-order chi connectivity index (χ0) is 15.1. The molecule has 1 fully saturated rings. The summed E-state index contributed by atoms with van der Waals surface area (Å²) in [6.45, 7) is 3.00. The van der Waals surface area contributed by atoms with E-state index in [0.717, 1.165) is 19.4 Å². The molecule has 1 atom stereocenters. The van der Waals surface area contributed by atoms with Gasteiger partial charge in [-0.3, -0.25) is 0 Å². The lowest BCUT2D eigenvalue weighted by Gasteiger charge is -2.22. The third-order valence-corrected chi connectivity index (χ3v) is 3.31. The highest BCUT2D eigenvalue weighted by Gasteiger charge is 2.14. The first-order valence-electron chi connectivity index (χ1n) is 6.99. The van der Waals surface area contributed by atoms with Crippen LogP contribution >= 0.6 is 0 Å². The highest BCUT2D eigenvalue weighted by Crippen LogP contribution is 2.11. The van der Waals surface area contributed by atoms with E-state index in [4.69, 9.17) is 9.84 Å². The number of nitrogens with one attached hydrogen (secondary N) is 2. The molecule has 21 heavy (non-hydrogen) atoms. The van der Waals surface area contributed by atoms with Crippen molar-refractivity contribution in [2.75, 3.05) is 26.3 Å². The number of urea groups is 1. The number of aromatic nitrogens is 2. The van der Waals surface area contributed by atoms with Gasteiger partial charge in [-0.25, -0.2) is 14.6 Å². The van der Waals surface area contributed by atoms with E-state index in [1.807, 2.05) is 0 Å². The summed E-state index contributed by atoms with van der Waals surface area (Å²) in [5.41, 5.74) is -0.00301. The van der Waals surface area contributed by atoms with Crippen molar-refractivity contribution in [3.8, 4) is 0 Å². The molecule has 1 aromatic rings. The summed E-state index contributed by atoms with van der Waals surface area (Å²) in [4.78, 5) is 26.0. The Morgan fingerprint density at radius 1 is 1.48 bits per heavy atom. The molecule has 0 aromatic carbocycles. The number of carboxylic acid groups (broad SMARTS) is 1. The Labute approximate surface area is 122 Å². The molecule has 1 unspecified atom stereocenters. The predicted octanol–water partition coefficient (Wildman–Crippen LogP) is 0.307. The number of carboxylic acids is 1. The Balaban J connectivity index is 1.61. The van der Waals surface area contributed by atoms with E-state index < -0.39 is 5.97 Å². The number of hydrogen-bond donors (Lipinski definition) is 3. The third-order valence-electron chi connectivity index (χ3n) is 3.31. The number of imidazole rings is 1. The first kappa shape index (κ1) is 15.3. The molecule has 2 amide bonds. The van der Waals surface area contributed by atoms with Crippen LogP contribution in [0.2, 0.25) is 0 Å². The van der Waals surface area contributed by atoms with E-state index in [0.29, 0.717) is 32.2 Å². The maximum Gasteiger partial charge on any atom is 0.356 e. The lowest BCUT2D eigenvalue weighted by atomic mass is 10.0. The molecule has 1 aliphatic rings. The number of nitrogens with zero attached hydrogens (tertiary/aromatic N) is 2. The van der Waals surface area contributed by atoms with Gasteiger partial charge in [0.25, 0.3) is 0 Å². The summed E-state index contributed by atoms with van der Waals surface area (Å²) in [7, 11) is 0. The lowest BCUT2D eigenvalue weighted by molar-refractivity contribution is 0.0557. The molecule has 0 bridgehead atoms. The highest BCUT2D eigenvalue weighted by molar-refractivity contribution is 5.84. The topological polar surface area (TPSA) is 105 Å². The molecule has 116 valence electrons. The second kappa shape index (κ2) is 7.63. The Morgan fingerprint density at radius 2 is 2.33 bits per heavy atom. The van der Waals surface area contributed by atoms with Crippen LogP contribution in [-0.2, 0) is 11.3 Å². The minimum Gasteiger partial charge on any atom is -0.476 e.